The van der Waals surface area contributed by atoms with Crippen molar-refractivity contribution in [3.63, 3.8) is 0 Å². The number of aliphatic carboxylic acids is 1. The van der Waals surface area contributed by atoms with Gasteiger partial charge in [0.05, 0.1) is 147 Å². The van der Waals surface area contributed by atoms with Gasteiger partial charge in [0, 0.05) is 12.8 Å². The van der Waals surface area contributed by atoms with Crippen molar-refractivity contribution in [2.75, 3.05) is 119 Å². The number of hydrogen-bond donors (Lipinski definition) is 5. The highest BCUT2D eigenvalue weighted by Crippen LogP contribution is 2.23. The third kappa shape index (κ3) is 27.7. The summed E-state index contributed by atoms with van der Waals surface area (Å²) in [5.41, 5.74) is 10.9. The molecule has 0 aliphatic carbocycles. The zero-order valence-electron chi connectivity index (χ0n) is 52.8. The van der Waals surface area contributed by atoms with E-state index in [4.69, 9.17) is 58.2 Å². The first kappa shape index (κ1) is 74.8. The van der Waals surface area contributed by atoms with Gasteiger partial charge in [0.1, 0.15) is 36.8 Å². The zero-order valence-corrected chi connectivity index (χ0v) is 52.8. The van der Waals surface area contributed by atoms with Gasteiger partial charge in [-0.05, 0) is 77.2 Å². The number of carbonyl (C=O) groups excluding carboxylic acids is 7. The van der Waals surface area contributed by atoms with Crippen LogP contribution in [0.1, 0.15) is 76.5 Å². The van der Waals surface area contributed by atoms with Crippen molar-refractivity contribution < 1.29 is 101 Å². The van der Waals surface area contributed by atoms with Crippen LogP contribution in [-0.4, -0.2) is 203 Å². The number of carboxylic acid groups (broad SMARTS) is 1. The van der Waals surface area contributed by atoms with Gasteiger partial charge in [-0.15, -0.1) is 0 Å². The topological polar surface area (TPSA) is 334 Å². The van der Waals surface area contributed by atoms with E-state index in [1.165, 1.54) is 21.9 Å². The van der Waals surface area contributed by atoms with E-state index in [0.29, 0.717) is 101 Å². The summed E-state index contributed by atoms with van der Waals surface area (Å²) in [5.74, 6) is -3.11. The number of ether oxygens (including phenoxy) is 10. The number of phenolic OH excluding ortho intramolecular Hbond substituents is 2. The highest BCUT2D eigenvalue weighted by atomic mass is 16.6. The lowest BCUT2D eigenvalue weighted by Gasteiger charge is -2.18. The Morgan fingerprint density at radius 2 is 0.695 bits per heavy atom. The number of nitrogens with one attached hydrogen (secondary N) is 1. The maximum atomic E-state index is 12.8. The molecule has 508 valence electrons. The molecule has 0 unspecified atom stereocenters. The molecule has 0 fully saturated rings. The SMILES string of the molecule is N[C@@H](Cc1ccc(O)cc1)C(=O)OCc1ccccc1.O=C(CCOCCOCCOCCOCCN1C(=O)c2ccccc2C1=O)N[C@@H](Cc1ccc(O)cc1)C(=O)OCc1ccccc1.O=C(O)CCOCCOCCOCCOCCN1C(=O)c2ccccc2C1=O. The van der Waals surface area contributed by atoms with E-state index in [2.05, 4.69) is 5.32 Å². The van der Waals surface area contributed by atoms with Crippen LogP contribution < -0.4 is 11.1 Å². The maximum Gasteiger partial charge on any atom is 0.329 e. The number of carboxylic acids is 1. The molecule has 0 spiro atoms. The molecule has 25 heteroatoms. The van der Waals surface area contributed by atoms with Crippen molar-refractivity contribution in [2.45, 2.75) is 51.0 Å². The van der Waals surface area contributed by atoms with E-state index in [1.54, 1.807) is 84.9 Å². The molecule has 0 radical (unpaired) electrons. The van der Waals surface area contributed by atoms with Gasteiger partial charge in [-0.2, -0.15) is 0 Å². The van der Waals surface area contributed by atoms with Crippen LogP contribution in [0.3, 0.4) is 0 Å². The van der Waals surface area contributed by atoms with E-state index in [0.717, 1.165) is 22.3 Å². The molecule has 6 aromatic rings. The third-order valence-corrected chi connectivity index (χ3v) is 14.0. The first-order chi connectivity index (χ1) is 46.2. The van der Waals surface area contributed by atoms with E-state index < -0.39 is 30.0 Å². The molecule has 0 saturated heterocycles. The van der Waals surface area contributed by atoms with E-state index >= 15 is 0 Å². The van der Waals surface area contributed by atoms with Gasteiger partial charge in [-0.1, -0.05) is 109 Å². The lowest BCUT2D eigenvalue weighted by atomic mass is 10.1. The fourth-order valence-corrected chi connectivity index (χ4v) is 9.01. The smallest absolute Gasteiger partial charge is 0.329 e. The lowest BCUT2D eigenvalue weighted by Crippen LogP contribution is -2.43. The summed E-state index contributed by atoms with van der Waals surface area (Å²) >= 11 is 0. The van der Waals surface area contributed by atoms with Crippen LogP contribution in [0, 0.1) is 0 Å². The van der Waals surface area contributed by atoms with Crippen LogP contribution in [0.4, 0.5) is 0 Å². The molecule has 25 nitrogen and oxygen atoms in total. The Labute approximate surface area is 550 Å². The lowest BCUT2D eigenvalue weighted by molar-refractivity contribution is -0.149. The summed E-state index contributed by atoms with van der Waals surface area (Å²) in [5, 5.41) is 29.9. The molecule has 95 heavy (non-hydrogen) atoms. The van der Waals surface area contributed by atoms with Gasteiger partial charge in [-0.25, -0.2) is 4.79 Å². The Morgan fingerprint density at radius 3 is 1.06 bits per heavy atom. The number of benzene rings is 6. The fourth-order valence-electron chi connectivity index (χ4n) is 9.01. The highest BCUT2D eigenvalue weighted by molar-refractivity contribution is 6.22. The number of carbonyl (C=O) groups is 8. The van der Waals surface area contributed by atoms with Crippen molar-refractivity contribution in [3.05, 3.63) is 202 Å². The van der Waals surface area contributed by atoms with Crippen LogP contribution >= 0.6 is 0 Å². The summed E-state index contributed by atoms with van der Waals surface area (Å²) < 4.78 is 53.6. The summed E-state index contributed by atoms with van der Waals surface area (Å²) in [6.07, 6.45) is 0.622. The number of amides is 5. The van der Waals surface area contributed by atoms with Crippen LogP contribution in [0.15, 0.2) is 158 Å². The van der Waals surface area contributed by atoms with Crippen LogP contribution in [0.25, 0.3) is 0 Å². The van der Waals surface area contributed by atoms with Gasteiger partial charge in [-0.3, -0.25) is 43.4 Å². The Bertz CT molecular complexity index is 3250. The molecule has 2 aliphatic heterocycles. The Balaban J connectivity index is 0.000000251. The number of hydrogen-bond acceptors (Lipinski definition) is 21. The molecule has 0 aromatic heterocycles. The van der Waals surface area contributed by atoms with Gasteiger partial charge < -0.3 is 73.7 Å². The van der Waals surface area contributed by atoms with E-state index in [1.807, 2.05) is 60.7 Å². The normalized spacial score (nSPS) is 12.8. The molecule has 2 aliphatic rings. The Kier molecular flexibility index (Phi) is 33.7. The van der Waals surface area contributed by atoms with Crippen molar-refractivity contribution >= 4 is 47.4 Å². The molecule has 6 aromatic carbocycles. The molecular formula is C70H82N4O21. The van der Waals surface area contributed by atoms with Gasteiger partial charge in [0.25, 0.3) is 23.6 Å². The summed E-state index contributed by atoms with van der Waals surface area (Å²) in [7, 11) is 0. The van der Waals surface area contributed by atoms with Gasteiger partial charge >= 0.3 is 17.9 Å². The van der Waals surface area contributed by atoms with Crippen molar-refractivity contribution in [2.24, 2.45) is 5.73 Å². The number of phenols is 2. The molecule has 5 amide bonds. The van der Waals surface area contributed by atoms with Gasteiger partial charge in [0.15, 0.2) is 0 Å². The Morgan fingerprint density at radius 1 is 0.379 bits per heavy atom. The molecule has 2 heterocycles. The van der Waals surface area contributed by atoms with Crippen molar-refractivity contribution in [3.8, 4) is 11.5 Å². The fraction of sp³-hybridized carbons (Fsp3) is 0.371. The number of rotatable bonds is 41. The molecular weight excluding hydrogens is 1230 g/mol. The number of nitrogens with two attached hydrogens (primary N) is 1. The molecule has 2 atom stereocenters. The predicted octanol–water partition coefficient (Wildman–Crippen LogP) is 5.74. The first-order valence-corrected chi connectivity index (χ1v) is 30.9. The number of aromatic hydroxyl groups is 2. The van der Waals surface area contributed by atoms with Crippen LogP contribution in [-0.2, 0) is 92.6 Å². The molecule has 0 bridgehead atoms. The summed E-state index contributed by atoms with van der Waals surface area (Å²) in [6.45, 7) is 5.68. The number of esters is 2. The zero-order chi connectivity index (χ0) is 67.8. The van der Waals surface area contributed by atoms with Crippen molar-refractivity contribution in [1.29, 1.82) is 0 Å². The molecule has 8 rings (SSSR count). The minimum atomic E-state index is -0.902. The molecule has 0 saturated carbocycles. The highest BCUT2D eigenvalue weighted by Gasteiger charge is 2.36. The third-order valence-electron chi connectivity index (χ3n) is 14.0. The second-order valence-electron chi connectivity index (χ2n) is 21.1. The first-order valence-electron chi connectivity index (χ1n) is 30.9. The second-order valence-corrected chi connectivity index (χ2v) is 21.1. The monoisotopic (exact) mass is 1310 g/mol. The standard InChI is InChI=1S/C35H40N2O10.C19H25NO8.C16H17NO3/c38-28-12-10-26(11-13-28)24-31(35(42)47-25-27-6-2-1-3-7-27)36-32(39)14-16-43-18-20-45-22-23-46-21-19-44-17-15-37-33(40)29-8-4-5-9-30(29)34(37)41;21-17(22)5-7-25-9-11-27-13-14-28-12-10-26-8-6-20-18(23)15-3-1-2-4-16(15)19(20)24;17-15(10-12-6-8-14(18)9-7-12)16(19)20-11-13-4-2-1-3-5-13/h1-13,31,38H,14-25H2,(H,36,39);1-4H,5-14H2,(H,21,22);1-9,15,18H,10-11,17H2/t31-;;15-/m0.0/s1. The molecule has 6 N–H and O–H groups in total. The average Bonchev–Trinajstić information content (AvgIpc) is 1.65. The summed E-state index contributed by atoms with van der Waals surface area (Å²) in [6, 6.07) is 43.6. The maximum absolute atomic E-state index is 12.8. The van der Waals surface area contributed by atoms with Gasteiger partial charge in [0.2, 0.25) is 5.91 Å². The van der Waals surface area contributed by atoms with Crippen molar-refractivity contribution in [1.82, 2.24) is 15.1 Å². The number of nitrogens with zero attached hydrogens (tertiary/aromatic N) is 2. The largest absolute Gasteiger partial charge is 0.508 e. The van der Waals surface area contributed by atoms with Crippen LogP contribution in [0.5, 0.6) is 11.5 Å². The quantitative estimate of drug-likeness (QED) is 0.0173. The minimum Gasteiger partial charge on any atom is -0.508 e. The van der Waals surface area contributed by atoms with E-state index in [9.17, 15) is 48.6 Å². The number of fused-ring (bicyclic) bond motifs is 2. The Hall–Kier alpha value is -9.28. The number of imide groups is 2. The minimum absolute atomic E-state index is 0.0177. The van der Waals surface area contributed by atoms with E-state index in [-0.39, 0.29) is 120 Å². The van der Waals surface area contributed by atoms with Crippen LogP contribution in [0.2, 0.25) is 0 Å². The predicted molar refractivity (Wildman–Crippen MR) is 343 cm³/mol. The summed E-state index contributed by atoms with van der Waals surface area (Å²) in [4.78, 5) is 98.9. The second kappa shape index (κ2) is 42.8. The average molecular weight is 1320 g/mol.